The number of hydrogen-bond acceptors (Lipinski definition) is 2. The van der Waals surface area contributed by atoms with Crippen LogP contribution in [0.1, 0.15) is 42.0 Å². The van der Waals surface area contributed by atoms with Gasteiger partial charge in [-0.25, -0.2) is 14.0 Å². The Labute approximate surface area is 180 Å². The third kappa shape index (κ3) is 2.82. The summed E-state index contributed by atoms with van der Waals surface area (Å²) in [5.74, 6) is -0.301. The number of urea groups is 1. The van der Waals surface area contributed by atoms with Crippen molar-refractivity contribution in [2.24, 2.45) is 0 Å². The van der Waals surface area contributed by atoms with Gasteiger partial charge in [-0.1, -0.05) is 36.4 Å². The van der Waals surface area contributed by atoms with Crippen molar-refractivity contribution in [3.05, 3.63) is 71.0 Å². The van der Waals surface area contributed by atoms with E-state index in [-0.39, 0.29) is 29.0 Å². The molecule has 0 spiro atoms. The lowest BCUT2D eigenvalue weighted by Gasteiger charge is -2.74. The van der Waals surface area contributed by atoms with Crippen molar-refractivity contribution in [3.8, 4) is 0 Å². The van der Waals surface area contributed by atoms with Gasteiger partial charge in [0.15, 0.2) is 0 Å². The summed E-state index contributed by atoms with van der Waals surface area (Å²) in [5.41, 5.74) is 2.56. The maximum Gasteiger partial charge on any atom is 0.407 e. The topological polar surface area (TPSA) is 64.1 Å². The molecule has 1 heterocycles. The van der Waals surface area contributed by atoms with Crippen molar-refractivity contribution in [1.82, 2.24) is 14.7 Å². The maximum atomic E-state index is 13.7. The molecule has 1 aliphatic heterocycles. The minimum atomic E-state index is -0.925. The molecule has 6 nitrogen and oxygen atoms in total. The van der Waals surface area contributed by atoms with Crippen LogP contribution in [0, 0.1) is 5.82 Å². The van der Waals surface area contributed by atoms with E-state index < -0.39 is 6.09 Å². The fourth-order valence-electron chi connectivity index (χ4n) is 5.77. The molecule has 3 saturated carbocycles. The zero-order chi connectivity index (χ0) is 22.0. The second-order valence-electron chi connectivity index (χ2n) is 9.26. The number of carboxylic acid groups (broad SMARTS) is 1. The molecular weight excluding hydrogens is 397 g/mol. The fraction of sp³-hybridized carbons (Fsp3) is 0.417. The molecule has 4 aliphatic rings. The molecule has 2 aromatic rings. The normalized spacial score (nSPS) is 28.1. The third-order valence-electron chi connectivity index (χ3n) is 7.69. The number of benzene rings is 2. The molecule has 7 heteroatoms. The van der Waals surface area contributed by atoms with Crippen LogP contribution in [-0.4, -0.2) is 63.6 Å². The summed E-state index contributed by atoms with van der Waals surface area (Å²) in [6.07, 6.45) is 1.88. The first-order valence-electron chi connectivity index (χ1n) is 10.6. The van der Waals surface area contributed by atoms with Gasteiger partial charge in [0.05, 0.1) is 17.1 Å². The first-order valence-corrected chi connectivity index (χ1v) is 10.6. The Morgan fingerprint density at radius 1 is 1.00 bits per heavy atom. The van der Waals surface area contributed by atoms with Crippen molar-refractivity contribution in [2.45, 2.75) is 42.8 Å². The highest BCUT2D eigenvalue weighted by atomic mass is 19.1. The maximum absolute atomic E-state index is 13.7. The second-order valence-corrected chi connectivity index (χ2v) is 9.26. The molecule has 0 radical (unpaired) electrons. The van der Waals surface area contributed by atoms with Crippen molar-refractivity contribution < 1.29 is 19.1 Å². The molecule has 0 saturated heterocycles. The third-order valence-corrected chi connectivity index (χ3v) is 7.69. The predicted molar refractivity (Wildman–Crippen MR) is 113 cm³/mol. The molecule has 3 fully saturated rings. The van der Waals surface area contributed by atoms with E-state index in [1.807, 2.05) is 35.0 Å². The number of nitrogens with zero attached hydrogens (tertiary/aromatic N) is 3. The quantitative estimate of drug-likeness (QED) is 0.808. The molecule has 162 valence electrons. The average Bonchev–Trinajstić information content (AvgIpc) is 2.71. The molecule has 31 heavy (non-hydrogen) atoms. The molecule has 2 aromatic carbocycles. The van der Waals surface area contributed by atoms with Crippen LogP contribution in [0.4, 0.5) is 14.0 Å². The molecule has 1 atom stereocenters. The van der Waals surface area contributed by atoms with Crippen LogP contribution in [0.25, 0.3) is 0 Å². The lowest BCUT2D eigenvalue weighted by Crippen LogP contribution is -2.84. The van der Waals surface area contributed by atoms with Gasteiger partial charge in [0, 0.05) is 20.6 Å². The Morgan fingerprint density at radius 2 is 1.61 bits per heavy atom. The zero-order valence-corrected chi connectivity index (χ0v) is 17.7. The number of hydrogen-bond donors (Lipinski definition) is 1. The summed E-state index contributed by atoms with van der Waals surface area (Å²) < 4.78 is 13.6. The number of carbonyl (C=O) groups excluding carboxylic acids is 1. The summed E-state index contributed by atoms with van der Waals surface area (Å²) >= 11 is 0. The van der Waals surface area contributed by atoms with Gasteiger partial charge < -0.3 is 19.8 Å². The van der Waals surface area contributed by atoms with Crippen molar-refractivity contribution in [1.29, 1.82) is 0 Å². The van der Waals surface area contributed by atoms with E-state index >= 15 is 0 Å². The number of carbonyl (C=O) groups is 2. The van der Waals surface area contributed by atoms with E-state index in [2.05, 4.69) is 6.07 Å². The van der Waals surface area contributed by atoms with Crippen LogP contribution >= 0.6 is 0 Å². The van der Waals surface area contributed by atoms with Gasteiger partial charge >= 0.3 is 12.1 Å². The van der Waals surface area contributed by atoms with Gasteiger partial charge in [-0.3, -0.25) is 0 Å². The van der Waals surface area contributed by atoms with E-state index in [1.54, 1.807) is 19.2 Å². The molecule has 3 amide bonds. The number of halogens is 1. The van der Waals surface area contributed by atoms with Crippen LogP contribution in [0.15, 0.2) is 48.5 Å². The Hall–Kier alpha value is -3.09. The number of rotatable bonds is 3. The van der Waals surface area contributed by atoms with E-state index in [9.17, 15) is 19.1 Å². The van der Waals surface area contributed by atoms with Gasteiger partial charge in [-0.2, -0.15) is 0 Å². The van der Waals surface area contributed by atoms with Gasteiger partial charge in [-0.05, 0) is 54.5 Å². The van der Waals surface area contributed by atoms with Gasteiger partial charge in [0.1, 0.15) is 5.82 Å². The average molecular weight is 423 g/mol. The van der Waals surface area contributed by atoms with Crippen molar-refractivity contribution in [3.63, 3.8) is 0 Å². The highest BCUT2D eigenvalue weighted by Crippen LogP contribution is 2.66. The lowest BCUT2D eigenvalue weighted by atomic mass is 9.43. The Morgan fingerprint density at radius 3 is 2.26 bits per heavy atom. The molecule has 0 aromatic heterocycles. The standard InChI is InChI=1S/C24H26FN3O3/c1-26(23-13-24(14-23,15-23)27(2)22(30)31)21(29)28-12-11-16-5-3-4-6-19(16)20(28)17-7-9-18(25)10-8-17/h3-10,20H,11-15H2,1-2H3,(H,30,31). The molecule has 3 aliphatic carbocycles. The smallest absolute Gasteiger partial charge is 0.407 e. The van der Waals surface area contributed by atoms with Crippen LogP contribution in [0.3, 0.4) is 0 Å². The number of fused-ring (bicyclic) bond motifs is 1. The Balaban J connectivity index is 1.42. The van der Waals surface area contributed by atoms with Crippen LogP contribution < -0.4 is 0 Å². The van der Waals surface area contributed by atoms with Crippen LogP contribution in [-0.2, 0) is 6.42 Å². The highest BCUT2D eigenvalue weighted by molar-refractivity contribution is 5.78. The first-order chi connectivity index (χ1) is 14.8. The minimum absolute atomic E-state index is 0.0601. The summed E-state index contributed by atoms with van der Waals surface area (Å²) in [7, 11) is 3.44. The first kappa shape index (κ1) is 19.8. The predicted octanol–water partition coefficient (Wildman–Crippen LogP) is 4.11. The van der Waals surface area contributed by atoms with E-state index in [0.717, 1.165) is 17.5 Å². The van der Waals surface area contributed by atoms with E-state index in [1.165, 1.54) is 22.6 Å². The van der Waals surface area contributed by atoms with Crippen molar-refractivity contribution in [2.75, 3.05) is 20.6 Å². The zero-order valence-electron chi connectivity index (χ0n) is 17.7. The summed E-state index contributed by atoms with van der Waals surface area (Å²) in [6.45, 7) is 0.582. The molecule has 1 unspecified atom stereocenters. The fourth-order valence-corrected chi connectivity index (χ4v) is 5.77. The summed E-state index contributed by atoms with van der Waals surface area (Å²) in [5, 5.41) is 9.33. The molecular formula is C24H26FN3O3. The largest absolute Gasteiger partial charge is 0.465 e. The minimum Gasteiger partial charge on any atom is -0.465 e. The highest BCUT2D eigenvalue weighted by Gasteiger charge is 2.73. The van der Waals surface area contributed by atoms with Gasteiger partial charge in [-0.15, -0.1) is 0 Å². The van der Waals surface area contributed by atoms with Gasteiger partial charge in [0.25, 0.3) is 0 Å². The Kier molecular flexibility index (Phi) is 4.29. The monoisotopic (exact) mass is 423 g/mol. The van der Waals surface area contributed by atoms with Crippen molar-refractivity contribution >= 4 is 12.1 Å². The molecule has 1 N–H and O–H groups in total. The Bertz CT molecular complexity index is 1030. The van der Waals surface area contributed by atoms with E-state index in [4.69, 9.17) is 0 Å². The summed E-state index contributed by atoms with van der Waals surface area (Å²) in [4.78, 5) is 30.1. The van der Waals surface area contributed by atoms with Crippen LogP contribution in [0.2, 0.25) is 0 Å². The van der Waals surface area contributed by atoms with Crippen LogP contribution in [0.5, 0.6) is 0 Å². The van der Waals surface area contributed by atoms with E-state index in [0.29, 0.717) is 25.8 Å². The molecule has 6 rings (SSSR count). The second kappa shape index (κ2) is 6.70. The SMILES string of the molecule is CN(C(=O)O)C12CC(N(C)C(=O)N3CCc4ccccc4C3c3ccc(F)cc3)(C1)C2. The summed E-state index contributed by atoms with van der Waals surface area (Å²) in [6, 6.07) is 14.1. The lowest BCUT2D eigenvalue weighted by molar-refractivity contribution is -0.197. The number of amides is 3. The molecule has 2 bridgehead atoms. The van der Waals surface area contributed by atoms with Gasteiger partial charge in [0.2, 0.25) is 0 Å².